The van der Waals surface area contributed by atoms with Crippen LogP contribution in [0, 0.1) is 0 Å². The van der Waals surface area contributed by atoms with Gasteiger partial charge in [0.15, 0.2) is 0 Å². The van der Waals surface area contributed by atoms with Crippen molar-refractivity contribution in [3.05, 3.63) is 59.7 Å². The lowest BCUT2D eigenvalue weighted by Gasteiger charge is -2.17. The summed E-state index contributed by atoms with van der Waals surface area (Å²) in [6.45, 7) is 0.738. The van der Waals surface area contributed by atoms with Crippen LogP contribution in [0.4, 0.5) is 11.4 Å². The van der Waals surface area contributed by atoms with E-state index in [4.69, 9.17) is 4.74 Å². The van der Waals surface area contributed by atoms with E-state index in [2.05, 4.69) is 10.6 Å². The van der Waals surface area contributed by atoms with Crippen LogP contribution < -0.4 is 14.9 Å². The number of carbonyl (C=O) groups is 2. The summed E-state index contributed by atoms with van der Waals surface area (Å²) < 4.78 is 29.2. The van der Waals surface area contributed by atoms with Gasteiger partial charge in [-0.3, -0.25) is 13.9 Å². The summed E-state index contributed by atoms with van der Waals surface area (Å²) in [5.41, 5.74) is 1.48. The Labute approximate surface area is 164 Å². The first-order valence-corrected chi connectivity index (χ1v) is 10.3. The minimum atomic E-state index is -3.38. The number of ether oxygens (including phenoxy) is 1. The Morgan fingerprint density at radius 2 is 1.68 bits per heavy atom. The first-order valence-electron chi connectivity index (χ1n) is 8.45. The molecule has 0 aliphatic rings. The number of carbonyl (C=O) groups excluding carboxylic acids is 2. The maximum absolute atomic E-state index is 12.5. The third kappa shape index (κ3) is 5.54. The molecule has 8 nitrogen and oxygen atoms in total. The van der Waals surface area contributed by atoms with Gasteiger partial charge in [0.05, 0.1) is 29.8 Å². The third-order valence-electron chi connectivity index (χ3n) is 4.00. The van der Waals surface area contributed by atoms with Crippen LogP contribution in [0.25, 0.3) is 0 Å². The van der Waals surface area contributed by atoms with E-state index in [9.17, 15) is 18.0 Å². The van der Waals surface area contributed by atoms with E-state index in [0.717, 1.165) is 10.6 Å². The number of hydrogen-bond donors (Lipinski definition) is 2. The summed E-state index contributed by atoms with van der Waals surface area (Å²) in [5, 5.41) is 5.42. The number of nitrogens with zero attached hydrogens (tertiary/aromatic N) is 1. The lowest BCUT2D eigenvalue weighted by atomic mass is 10.1. The van der Waals surface area contributed by atoms with E-state index < -0.39 is 15.9 Å². The van der Waals surface area contributed by atoms with E-state index in [1.165, 1.54) is 19.2 Å². The Hall–Kier alpha value is -2.91. The molecule has 0 unspecified atom stereocenters. The minimum absolute atomic E-state index is 0.321. The van der Waals surface area contributed by atoms with Gasteiger partial charge in [-0.25, -0.2) is 8.42 Å². The van der Waals surface area contributed by atoms with Gasteiger partial charge in [0.25, 0.3) is 11.8 Å². The summed E-state index contributed by atoms with van der Waals surface area (Å²) in [6, 6.07) is 12.8. The first kappa shape index (κ1) is 21.4. The number of benzene rings is 2. The van der Waals surface area contributed by atoms with E-state index in [1.807, 2.05) is 0 Å². The minimum Gasteiger partial charge on any atom is -0.383 e. The lowest BCUT2D eigenvalue weighted by molar-refractivity contribution is 0.0938. The number of nitrogens with one attached hydrogen (secondary N) is 2. The molecule has 2 rings (SSSR count). The molecule has 2 aromatic carbocycles. The van der Waals surface area contributed by atoms with Gasteiger partial charge in [-0.1, -0.05) is 12.1 Å². The van der Waals surface area contributed by atoms with Crippen molar-refractivity contribution in [2.45, 2.75) is 0 Å². The highest BCUT2D eigenvalue weighted by atomic mass is 32.2. The van der Waals surface area contributed by atoms with Crippen LogP contribution in [0.5, 0.6) is 0 Å². The quantitative estimate of drug-likeness (QED) is 0.651. The predicted molar refractivity (Wildman–Crippen MR) is 108 cm³/mol. The van der Waals surface area contributed by atoms with Gasteiger partial charge in [-0.2, -0.15) is 0 Å². The molecule has 0 spiro atoms. The molecule has 2 aromatic rings. The molecule has 2 N–H and O–H groups in total. The smallest absolute Gasteiger partial charge is 0.255 e. The molecule has 0 saturated heterocycles. The van der Waals surface area contributed by atoms with Crippen molar-refractivity contribution in [2.75, 3.05) is 43.2 Å². The normalized spacial score (nSPS) is 11.0. The Bertz CT molecular complexity index is 942. The van der Waals surface area contributed by atoms with E-state index in [-0.39, 0.29) is 5.91 Å². The molecule has 0 aliphatic heterocycles. The molecule has 0 bridgehead atoms. The Morgan fingerprint density at radius 3 is 2.29 bits per heavy atom. The zero-order valence-electron chi connectivity index (χ0n) is 15.9. The van der Waals surface area contributed by atoms with Crippen LogP contribution in [0.3, 0.4) is 0 Å². The number of sulfonamides is 1. The monoisotopic (exact) mass is 405 g/mol. The van der Waals surface area contributed by atoms with Crippen LogP contribution in [0.15, 0.2) is 48.5 Å². The fraction of sp³-hybridized carbons (Fsp3) is 0.263. The van der Waals surface area contributed by atoms with Crippen LogP contribution in [0.2, 0.25) is 0 Å². The second-order valence-corrected chi connectivity index (χ2v) is 8.04. The summed E-state index contributed by atoms with van der Waals surface area (Å²) in [5.74, 6) is -0.733. The molecule has 0 aliphatic carbocycles. The van der Waals surface area contributed by atoms with Gasteiger partial charge >= 0.3 is 0 Å². The molecule has 28 heavy (non-hydrogen) atoms. The van der Waals surface area contributed by atoms with E-state index >= 15 is 0 Å². The molecule has 150 valence electrons. The number of anilines is 2. The summed E-state index contributed by atoms with van der Waals surface area (Å²) in [7, 11) is -0.409. The molecular formula is C19H23N3O5S. The summed E-state index contributed by atoms with van der Waals surface area (Å²) in [6.07, 6.45) is 1.10. The third-order valence-corrected chi connectivity index (χ3v) is 5.21. The molecule has 0 fully saturated rings. The molecule has 0 atom stereocenters. The van der Waals surface area contributed by atoms with Crippen molar-refractivity contribution in [2.24, 2.45) is 0 Å². The van der Waals surface area contributed by atoms with Crippen LogP contribution in [-0.4, -0.2) is 53.8 Å². The van der Waals surface area contributed by atoms with Gasteiger partial charge in [0.2, 0.25) is 10.0 Å². The van der Waals surface area contributed by atoms with Gasteiger partial charge < -0.3 is 15.4 Å². The number of rotatable bonds is 8. The van der Waals surface area contributed by atoms with Gasteiger partial charge in [0, 0.05) is 26.3 Å². The Kier molecular flexibility index (Phi) is 7.13. The molecule has 9 heteroatoms. The van der Waals surface area contributed by atoms with Crippen molar-refractivity contribution in [1.29, 1.82) is 0 Å². The SMILES string of the molecule is COCCNC(=O)c1ccccc1NC(=O)c1ccc(N(C)S(C)(=O)=O)cc1. The number of amides is 2. The molecular weight excluding hydrogens is 382 g/mol. The van der Waals surface area contributed by atoms with Crippen molar-refractivity contribution in [1.82, 2.24) is 5.32 Å². The molecule has 2 amide bonds. The summed E-state index contributed by atoms with van der Waals surface area (Å²) in [4.78, 5) is 24.8. The van der Waals surface area contributed by atoms with E-state index in [0.29, 0.717) is 35.7 Å². The Morgan fingerprint density at radius 1 is 1.04 bits per heavy atom. The predicted octanol–water partition coefficient (Wildman–Crippen LogP) is 1.71. The lowest BCUT2D eigenvalue weighted by Crippen LogP contribution is -2.28. The molecule has 0 aromatic heterocycles. The molecule has 0 heterocycles. The zero-order chi connectivity index (χ0) is 20.7. The average Bonchev–Trinajstić information content (AvgIpc) is 2.67. The Balaban J connectivity index is 2.14. The standard InChI is InChI=1S/C19H23N3O5S/c1-22(28(3,25)26)15-10-8-14(9-11-15)18(23)21-17-7-5-4-6-16(17)19(24)20-12-13-27-2/h4-11H,12-13H2,1-3H3,(H,20,24)(H,21,23). The maximum Gasteiger partial charge on any atom is 0.255 e. The zero-order valence-corrected chi connectivity index (χ0v) is 16.7. The fourth-order valence-electron chi connectivity index (χ4n) is 2.36. The van der Waals surface area contributed by atoms with Crippen molar-refractivity contribution < 1.29 is 22.7 Å². The van der Waals surface area contributed by atoms with Gasteiger partial charge in [-0.05, 0) is 36.4 Å². The number of hydrogen-bond acceptors (Lipinski definition) is 5. The topological polar surface area (TPSA) is 105 Å². The average molecular weight is 405 g/mol. The molecule has 0 radical (unpaired) electrons. The van der Waals surface area contributed by atoms with Crippen molar-refractivity contribution in [3.63, 3.8) is 0 Å². The highest BCUT2D eigenvalue weighted by Gasteiger charge is 2.15. The molecule has 0 saturated carbocycles. The fourth-order valence-corrected chi connectivity index (χ4v) is 2.87. The van der Waals surface area contributed by atoms with Gasteiger partial charge in [-0.15, -0.1) is 0 Å². The highest BCUT2D eigenvalue weighted by Crippen LogP contribution is 2.19. The second kappa shape index (κ2) is 9.34. The van der Waals surface area contributed by atoms with Crippen molar-refractivity contribution >= 4 is 33.2 Å². The van der Waals surface area contributed by atoms with Crippen molar-refractivity contribution in [3.8, 4) is 0 Å². The van der Waals surface area contributed by atoms with Crippen LogP contribution >= 0.6 is 0 Å². The summed E-state index contributed by atoms with van der Waals surface area (Å²) >= 11 is 0. The number of methoxy groups -OCH3 is 1. The van der Waals surface area contributed by atoms with Gasteiger partial charge in [0.1, 0.15) is 0 Å². The van der Waals surface area contributed by atoms with E-state index in [1.54, 1.807) is 43.5 Å². The second-order valence-electron chi connectivity index (χ2n) is 6.03. The number of para-hydroxylation sites is 1. The highest BCUT2D eigenvalue weighted by molar-refractivity contribution is 7.92. The van der Waals surface area contributed by atoms with Crippen LogP contribution in [-0.2, 0) is 14.8 Å². The largest absolute Gasteiger partial charge is 0.383 e. The maximum atomic E-state index is 12.5. The van der Waals surface area contributed by atoms with Crippen LogP contribution in [0.1, 0.15) is 20.7 Å². The first-order chi connectivity index (χ1) is 13.2.